The van der Waals surface area contributed by atoms with E-state index in [9.17, 15) is 0 Å². The zero-order valence-electron chi connectivity index (χ0n) is 47.5. The predicted octanol–water partition coefficient (Wildman–Crippen LogP) is 23.4. The van der Waals surface area contributed by atoms with E-state index < -0.39 is 0 Å². The second-order valence-corrected chi connectivity index (χ2v) is 22.3. The lowest BCUT2D eigenvalue weighted by molar-refractivity contribution is 0.668. The Morgan fingerprint density at radius 2 is 0.512 bits per heavy atom. The molecule has 86 heavy (non-hydrogen) atoms. The van der Waals surface area contributed by atoms with Crippen molar-refractivity contribution in [1.29, 1.82) is 0 Å². The summed E-state index contributed by atoms with van der Waals surface area (Å²) >= 11 is 0. The molecule has 0 atom stereocenters. The first-order valence-electron chi connectivity index (χ1n) is 29.3. The van der Waals surface area contributed by atoms with Gasteiger partial charge in [0, 0.05) is 90.6 Å². The number of benzene rings is 14. The Labute approximate surface area is 498 Å². The average molecular weight is 1110 g/mol. The molecular weight excluding hydrogens is 1050 g/mol. The number of hydrogen-bond acceptors (Lipinski definition) is 6. The van der Waals surface area contributed by atoms with Crippen LogP contribution in [0.25, 0.3) is 76.2 Å². The maximum atomic E-state index is 7.61. The van der Waals surface area contributed by atoms with Gasteiger partial charge in [-0.15, -0.1) is 0 Å². The monoisotopic (exact) mass is 1100 g/mol. The number of nitrogens with zero attached hydrogens (tertiary/aromatic N) is 4. The van der Waals surface area contributed by atoms with E-state index in [4.69, 9.17) is 8.83 Å². The van der Waals surface area contributed by atoms with E-state index >= 15 is 0 Å². The zero-order chi connectivity index (χ0) is 57.2. The Morgan fingerprint density at radius 3 is 0.884 bits per heavy atom. The van der Waals surface area contributed by atoms with Gasteiger partial charge in [-0.2, -0.15) is 0 Å². The highest BCUT2D eigenvalue weighted by Gasteiger charge is 2.29. The molecule has 0 unspecified atom stereocenters. The molecule has 16 rings (SSSR count). The SMILES string of the molecule is Cc1ccc(N(c2ccccc2)c2ccc3c(c2)oc2c(N(c4ccccc4)c4ccc5ccccc5c4)cc4c(cc(N(c5ccccc5)c5ccc6ccccc6c5)c5oc6cc(N(c7ccccc7)c7ccc(C)cc7)ccc6c54)c23)cc1. The maximum Gasteiger partial charge on any atom is 0.160 e. The number of rotatable bonds is 12. The van der Waals surface area contributed by atoms with E-state index in [1.807, 2.05) is 0 Å². The van der Waals surface area contributed by atoms with Crippen molar-refractivity contribution < 1.29 is 8.83 Å². The lowest BCUT2D eigenvalue weighted by Crippen LogP contribution is -2.11. The fourth-order valence-electron chi connectivity index (χ4n) is 12.7. The van der Waals surface area contributed by atoms with Crippen molar-refractivity contribution in [2.45, 2.75) is 13.8 Å². The molecule has 6 heteroatoms. The highest BCUT2D eigenvalue weighted by molar-refractivity contribution is 6.32. The molecule has 0 N–H and O–H groups in total. The lowest BCUT2D eigenvalue weighted by Gasteiger charge is -2.28. The summed E-state index contributed by atoms with van der Waals surface area (Å²) in [7, 11) is 0. The molecule has 0 aliphatic carbocycles. The van der Waals surface area contributed by atoms with Crippen molar-refractivity contribution in [3.63, 3.8) is 0 Å². The van der Waals surface area contributed by atoms with Crippen molar-refractivity contribution in [2.24, 2.45) is 0 Å². The minimum absolute atomic E-state index is 0.761. The first-order valence-corrected chi connectivity index (χ1v) is 29.3. The number of aryl methyl sites for hydroxylation is 2. The smallest absolute Gasteiger partial charge is 0.160 e. The van der Waals surface area contributed by atoms with E-state index in [-0.39, 0.29) is 0 Å². The highest BCUT2D eigenvalue weighted by Crippen LogP contribution is 2.53. The van der Waals surface area contributed by atoms with Gasteiger partial charge in [-0.25, -0.2) is 0 Å². The van der Waals surface area contributed by atoms with Crippen LogP contribution >= 0.6 is 0 Å². The van der Waals surface area contributed by atoms with Crippen LogP contribution in [0.5, 0.6) is 0 Å². The zero-order valence-corrected chi connectivity index (χ0v) is 47.5. The first-order chi connectivity index (χ1) is 42.5. The van der Waals surface area contributed by atoms with Gasteiger partial charge in [0.2, 0.25) is 0 Å². The average Bonchev–Trinajstić information content (AvgIpc) is 1.53. The number of anilines is 12. The van der Waals surface area contributed by atoms with E-state index in [2.05, 4.69) is 337 Å². The third-order valence-corrected chi connectivity index (χ3v) is 16.8. The van der Waals surface area contributed by atoms with Crippen molar-refractivity contribution in [1.82, 2.24) is 0 Å². The normalized spacial score (nSPS) is 11.6. The molecule has 14 aromatic carbocycles. The summed E-state index contributed by atoms with van der Waals surface area (Å²) < 4.78 is 15.2. The molecule has 0 fully saturated rings. The summed E-state index contributed by atoms with van der Waals surface area (Å²) in [5, 5.41) is 10.7. The molecule has 0 spiro atoms. The third kappa shape index (κ3) is 8.74. The van der Waals surface area contributed by atoms with Crippen molar-refractivity contribution in [3.8, 4) is 0 Å². The first kappa shape index (κ1) is 50.4. The molecule has 0 bridgehead atoms. The van der Waals surface area contributed by atoms with Crippen molar-refractivity contribution in [3.05, 3.63) is 314 Å². The Balaban J connectivity index is 1.04. The molecule has 0 aliphatic rings. The molecule has 0 saturated heterocycles. The van der Waals surface area contributed by atoms with Crippen LogP contribution in [0.1, 0.15) is 11.1 Å². The van der Waals surface area contributed by atoms with Crippen LogP contribution in [0, 0.1) is 13.8 Å². The van der Waals surface area contributed by atoms with Gasteiger partial charge in [-0.3, -0.25) is 0 Å². The Morgan fingerprint density at radius 1 is 0.221 bits per heavy atom. The molecule has 0 amide bonds. The largest absolute Gasteiger partial charge is 0.454 e. The summed E-state index contributed by atoms with van der Waals surface area (Å²) in [4.78, 5) is 9.35. The van der Waals surface area contributed by atoms with Gasteiger partial charge in [0.05, 0.1) is 11.4 Å². The molecule has 408 valence electrons. The minimum atomic E-state index is 0.761. The maximum absolute atomic E-state index is 7.61. The van der Waals surface area contributed by atoms with Crippen LogP contribution in [-0.2, 0) is 0 Å². The molecule has 0 saturated carbocycles. The summed E-state index contributed by atoms with van der Waals surface area (Å²) in [6.07, 6.45) is 0. The number of fused-ring (bicyclic) bond motifs is 11. The third-order valence-electron chi connectivity index (χ3n) is 16.8. The summed E-state index contributed by atoms with van der Waals surface area (Å²) in [6.45, 7) is 4.26. The van der Waals surface area contributed by atoms with Crippen molar-refractivity contribution >= 4 is 144 Å². The van der Waals surface area contributed by atoms with Gasteiger partial charge in [0.15, 0.2) is 11.2 Å². The minimum Gasteiger partial charge on any atom is -0.454 e. The van der Waals surface area contributed by atoms with Crippen LogP contribution in [0.4, 0.5) is 68.2 Å². The molecule has 2 aromatic heterocycles. The Kier molecular flexibility index (Phi) is 12.2. The van der Waals surface area contributed by atoms with Gasteiger partial charge >= 0.3 is 0 Å². The lowest BCUT2D eigenvalue weighted by atomic mass is 9.95. The van der Waals surface area contributed by atoms with E-state index in [1.54, 1.807) is 0 Å². The van der Waals surface area contributed by atoms with Gasteiger partial charge in [0.25, 0.3) is 0 Å². The fourth-order valence-corrected chi connectivity index (χ4v) is 12.7. The highest BCUT2D eigenvalue weighted by atomic mass is 16.3. The second-order valence-electron chi connectivity index (χ2n) is 22.3. The molecule has 0 radical (unpaired) electrons. The second kappa shape index (κ2) is 20.8. The van der Waals surface area contributed by atoms with E-state index in [0.717, 1.165) is 134 Å². The summed E-state index contributed by atoms with van der Waals surface area (Å²) in [6, 6.07) is 109. The van der Waals surface area contributed by atoms with Crippen LogP contribution in [0.3, 0.4) is 0 Å². The molecule has 2 heterocycles. The number of hydrogen-bond donors (Lipinski definition) is 0. The van der Waals surface area contributed by atoms with Gasteiger partial charge < -0.3 is 28.4 Å². The summed E-state index contributed by atoms with van der Waals surface area (Å²) in [5.74, 6) is 0. The van der Waals surface area contributed by atoms with E-state index in [1.165, 1.54) is 21.9 Å². The summed E-state index contributed by atoms with van der Waals surface area (Å²) in [5.41, 5.74) is 17.4. The fraction of sp³-hybridized carbons (Fsp3) is 0.0250. The number of para-hydroxylation sites is 4. The predicted molar refractivity (Wildman–Crippen MR) is 362 cm³/mol. The van der Waals surface area contributed by atoms with E-state index in [0.29, 0.717) is 0 Å². The molecular formula is C80H56N4O2. The van der Waals surface area contributed by atoms with Crippen LogP contribution in [0.15, 0.2) is 312 Å². The Hall–Kier alpha value is -11.3. The van der Waals surface area contributed by atoms with Crippen LogP contribution in [-0.4, -0.2) is 0 Å². The van der Waals surface area contributed by atoms with Crippen LogP contribution in [0.2, 0.25) is 0 Å². The topological polar surface area (TPSA) is 39.2 Å². The quantitative estimate of drug-likeness (QED) is 0.121. The Bertz CT molecular complexity index is 4870. The molecule has 16 aromatic rings. The molecule has 6 nitrogen and oxygen atoms in total. The van der Waals surface area contributed by atoms with Crippen molar-refractivity contribution in [2.75, 3.05) is 19.6 Å². The standard InChI is InChI=1S/C80H56N4O2/c1-53-31-37-63(38-32-53)81(59-23-7-3-8-24-59)67-43-45-69-75(49-67)85-79-73(83(61-27-11-5-12-28-61)65-41-35-55-19-15-17-21-57(55)47-65)52-72-71(77(69)79)51-74(84(62-29-13-6-14-30-62)66-42-36-56-20-16-18-22-58(56)48-66)80-78(72)70-46-44-68(50-76(70)86-80)82(60-25-9-4-10-26-60)64-39-33-54(2)34-40-64/h3-52H,1-2H3. The van der Waals surface area contributed by atoms with Gasteiger partial charge in [-0.1, -0.05) is 169 Å². The molecule has 0 aliphatic heterocycles. The van der Waals surface area contributed by atoms with Gasteiger partial charge in [0.1, 0.15) is 11.2 Å². The van der Waals surface area contributed by atoms with Crippen LogP contribution < -0.4 is 19.6 Å². The van der Waals surface area contributed by atoms with Gasteiger partial charge in [-0.05, 0) is 180 Å². The number of furan rings is 2.